The average molecular weight is 381 g/mol. The van der Waals surface area contributed by atoms with Crippen LogP contribution in [0.4, 0.5) is 4.39 Å². The molecule has 0 saturated carbocycles. The van der Waals surface area contributed by atoms with E-state index in [1.54, 1.807) is 12.1 Å². The molecule has 28 heavy (non-hydrogen) atoms. The third-order valence-corrected chi connectivity index (χ3v) is 5.13. The molecule has 146 valence electrons. The van der Waals surface area contributed by atoms with Crippen LogP contribution in [0, 0.1) is 12.7 Å². The van der Waals surface area contributed by atoms with Crippen molar-refractivity contribution in [2.75, 3.05) is 20.6 Å². The first-order valence-corrected chi connectivity index (χ1v) is 9.49. The van der Waals surface area contributed by atoms with E-state index in [0.29, 0.717) is 18.7 Å². The maximum absolute atomic E-state index is 13.3. The SMILES string of the molecule is Cc1cc2ncc(CN(C)C)c([C@@H]3CCCN3C(=O)c3ccc(F)cc3)n2n1. The van der Waals surface area contributed by atoms with Crippen molar-refractivity contribution in [2.24, 2.45) is 0 Å². The van der Waals surface area contributed by atoms with Crippen LogP contribution in [0.2, 0.25) is 0 Å². The average Bonchev–Trinajstić information content (AvgIpc) is 3.27. The lowest BCUT2D eigenvalue weighted by Gasteiger charge is -2.27. The predicted molar refractivity (Wildman–Crippen MR) is 105 cm³/mol. The molecule has 7 heteroatoms. The first-order chi connectivity index (χ1) is 13.4. The van der Waals surface area contributed by atoms with Crippen LogP contribution in [0.3, 0.4) is 0 Å². The summed E-state index contributed by atoms with van der Waals surface area (Å²) in [6, 6.07) is 7.62. The molecule has 3 heterocycles. The lowest BCUT2D eigenvalue weighted by atomic mass is 10.0. The Balaban J connectivity index is 1.78. The molecule has 1 aliphatic heterocycles. The smallest absolute Gasteiger partial charge is 0.254 e. The molecule has 1 aromatic carbocycles. The summed E-state index contributed by atoms with van der Waals surface area (Å²) in [4.78, 5) is 21.7. The number of aryl methyl sites for hydroxylation is 1. The second-order valence-corrected chi connectivity index (χ2v) is 7.63. The highest BCUT2D eigenvalue weighted by molar-refractivity contribution is 5.94. The molecular weight excluding hydrogens is 357 g/mol. The van der Waals surface area contributed by atoms with E-state index >= 15 is 0 Å². The van der Waals surface area contributed by atoms with Gasteiger partial charge in [-0.2, -0.15) is 5.10 Å². The van der Waals surface area contributed by atoms with Gasteiger partial charge in [0, 0.05) is 36.5 Å². The minimum Gasteiger partial charge on any atom is -0.330 e. The van der Waals surface area contributed by atoms with Gasteiger partial charge in [0.1, 0.15) is 5.82 Å². The fourth-order valence-corrected chi connectivity index (χ4v) is 3.97. The summed E-state index contributed by atoms with van der Waals surface area (Å²) in [7, 11) is 4.02. The summed E-state index contributed by atoms with van der Waals surface area (Å²) in [6.07, 6.45) is 3.68. The van der Waals surface area contributed by atoms with Crippen molar-refractivity contribution in [1.29, 1.82) is 0 Å². The molecule has 4 rings (SSSR count). The molecule has 0 unspecified atom stereocenters. The van der Waals surface area contributed by atoms with Crippen molar-refractivity contribution >= 4 is 11.6 Å². The number of carbonyl (C=O) groups excluding carboxylic acids is 1. The van der Waals surface area contributed by atoms with E-state index < -0.39 is 0 Å². The number of carbonyl (C=O) groups is 1. The van der Waals surface area contributed by atoms with Crippen LogP contribution in [-0.4, -0.2) is 50.9 Å². The van der Waals surface area contributed by atoms with Crippen LogP contribution < -0.4 is 0 Å². The van der Waals surface area contributed by atoms with Crippen molar-refractivity contribution in [2.45, 2.75) is 32.4 Å². The molecule has 3 aromatic rings. The molecule has 6 nitrogen and oxygen atoms in total. The molecule has 0 bridgehead atoms. The van der Waals surface area contributed by atoms with Crippen LogP contribution in [0.5, 0.6) is 0 Å². The Morgan fingerprint density at radius 3 is 2.75 bits per heavy atom. The summed E-state index contributed by atoms with van der Waals surface area (Å²) in [5.41, 5.74) is 4.26. The van der Waals surface area contributed by atoms with Crippen LogP contribution in [0.25, 0.3) is 5.65 Å². The zero-order valence-corrected chi connectivity index (χ0v) is 16.4. The Kier molecular flexibility index (Phi) is 4.85. The second kappa shape index (κ2) is 7.31. The molecule has 1 aliphatic rings. The summed E-state index contributed by atoms with van der Waals surface area (Å²) in [6.45, 7) is 3.33. The fraction of sp³-hybridized carbons (Fsp3) is 0.381. The maximum Gasteiger partial charge on any atom is 0.254 e. The monoisotopic (exact) mass is 381 g/mol. The van der Waals surface area contributed by atoms with Gasteiger partial charge in [-0.05, 0) is 58.1 Å². The third-order valence-electron chi connectivity index (χ3n) is 5.13. The molecule has 1 amide bonds. The maximum atomic E-state index is 13.3. The fourth-order valence-electron chi connectivity index (χ4n) is 3.97. The predicted octanol–water partition coefficient (Wildman–Crippen LogP) is 3.22. The zero-order valence-electron chi connectivity index (χ0n) is 16.4. The summed E-state index contributed by atoms with van der Waals surface area (Å²) in [5, 5.41) is 4.65. The summed E-state index contributed by atoms with van der Waals surface area (Å²) >= 11 is 0. The highest BCUT2D eigenvalue weighted by Crippen LogP contribution is 2.35. The van der Waals surface area contributed by atoms with Crippen LogP contribution >= 0.6 is 0 Å². The Labute approximate surface area is 163 Å². The van der Waals surface area contributed by atoms with Gasteiger partial charge in [0.15, 0.2) is 5.65 Å². The number of rotatable bonds is 4. The lowest BCUT2D eigenvalue weighted by Crippen LogP contribution is -2.32. The Bertz CT molecular complexity index is 1010. The van der Waals surface area contributed by atoms with Gasteiger partial charge in [0.25, 0.3) is 5.91 Å². The van der Waals surface area contributed by atoms with Crippen LogP contribution in [0.1, 0.15) is 46.2 Å². The van der Waals surface area contributed by atoms with Gasteiger partial charge in [-0.15, -0.1) is 0 Å². The van der Waals surface area contributed by atoms with Crippen molar-refractivity contribution in [3.63, 3.8) is 0 Å². The normalized spacial score (nSPS) is 17.0. The Morgan fingerprint density at radius 2 is 2.04 bits per heavy atom. The minimum absolute atomic E-state index is 0.0767. The van der Waals surface area contributed by atoms with Crippen molar-refractivity contribution in [3.05, 3.63) is 64.9 Å². The molecule has 2 aromatic heterocycles. The number of hydrogen-bond acceptors (Lipinski definition) is 4. The van der Waals surface area contributed by atoms with Gasteiger partial charge in [-0.25, -0.2) is 13.9 Å². The number of hydrogen-bond donors (Lipinski definition) is 0. The summed E-state index contributed by atoms with van der Waals surface area (Å²) in [5.74, 6) is -0.419. The van der Waals surface area contributed by atoms with Gasteiger partial charge < -0.3 is 9.80 Å². The Hall–Kier alpha value is -2.80. The molecule has 1 saturated heterocycles. The number of nitrogens with zero attached hydrogens (tertiary/aromatic N) is 5. The van der Waals surface area contributed by atoms with Crippen molar-refractivity contribution in [3.8, 4) is 0 Å². The standard InChI is InChI=1S/C21H24FN5O/c1-14-11-19-23-12-16(13-25(2)3)20(27(19)24-14)18-5-4-10-26(18)21(28)15-6-8-17(22)9-7-15/h6-9,11-12,18H,4-5,10,13H2,1-3H3/t18-/m0/s1. The summed E-state index contributed by atoms with van der Waals surface area (Å²) < 4.78 is 15.2. The molecule has 0 spiro atoms. The first-order valence-electron chi connectivity index (χ1n) is 9.49. The van der Waals surface area contributed by atoms with E-state index in [2.05, 4.69) is 15.0 Å². The van der Waals surface area contributed by atoms with Gasteiger partial charge in [0.05, 0.1) is 17.4 Å². The topological polar surface area (TPSA) is 53.7 Å². The van der Waals surface area contributed by atoms with E-state index in [1.165, 1.54) is 12.1 Å². The largest absolute Gasteiger partial charge is 0.330 e. The highest BCUT2D eigenvalue weighted by Gasteiger charge is 2.34. The minimum atomic E-state index is -0.342. The quantitative estimate of drug-likeness (QED) is 0.696. The lowest BCUT2D eigenvalue weighted by molar-refractivity contribution is 0.0730. The molecule has 1 atom stereocenters. The number of fused-ring (bicyclic) bond motifs is 1. The highest BCUT2D eigenvalue weighted by atomic mass is 19.1. The van der Waals surface area contributed by atoms with E-state index in [0.717, 1.165) is 35.4 Å². The zero-order chi connectivity index (χ0) is 19.8. The van der Waals surface area contributed by atoms with Gasteiger partial charge >= 0.3 is 0 Å². The van der Waals surface area contributed by atoms with Crippen LogP contribution in [-0.2, 0) is 6.54 Å². The van der Waals surface area contributed by atoms with E-state index in [4.69, 9.17) is 0 Å². The van der Waals surface area contributed by atoms with Gasteiger partial charge in [0.2, 0.25) is 0 Å². The Morgan fingerprint density at radius 1 is 1.29 bits per heavy atom. The molecule has 0 N–H and O–H groups in total. The van der Waals surface area contributed by atoms with Gasteiger partial charge in [-0.3, -0.25) is 4.79 Å². The van der Waals surface area contributed by atoms with E-state index in [1.807, 2.05) is 42.7 Å². The number of amides is 1. The molecule has 0 radical (unpaired) electrons. The van der Waals surface area contributed by atoms with E-state index in [9.17, 15) is 9.18 Å². The van der Waals surface area contributed by atoms with Gasteiger partial charge in [-0.1, -0.05) is 0 Å². The number of likely N-dealkylation sites (tertiary alicyclic amines) is 1. The second-order valence-electron chi connectivity index (χ2n) is 7.63. The van der Waals surface area contributed by atoms with Crippen LogP contribution in [0.15, 0.2) is 36.5 Å². The number of benzene rings is 1. The number of halogens is 1. The third kappa shape index (κ3) is 3.38. The van der Waals surface area contributed by atoms with E-state index in [-0.39, 0.29) is 17.8 Å². The van der Waals surface area contributed by atoms with Crippen molar-refractivity contribution in [1.82, 2.24) is 24.4 Å². The number of aromatic nitrogens is 3. The molecule has 1 fully saturated rings. The first kappa shape index (κ1) is 18.6. The molecule has 0 aliphatic carbocycles. The molecular formula is C21H24FN5O. The van der Waals surface area contributed by atoms with Crippen molar-refractivity contribution < 1.29 is 9.18 Å².